The standard InChI is InChI=1S/C19H23BrN2O3/c20-15-6-4-7-16(12-15)25-14-19(23)21-13-17(18-8-5-11-24-18)22-9-2-1-3-10-22/h4-8,11-12,17H,1-3,9-10,13-14H2,(H,21,23)/p+1/t17-/m0/s1. The molecule has 1 aromatic carbocycles. The number of likely N-dealkylation sites (tertiary alicyclic amines) is 1. The molecule has 0 bridgehead atoms. The van der Waals surface area contributed by atoms with Gasteiger partial charge in [-0.1, -0.05) is 22.0 Å². The Hall–Kier alpha value is -1.79. The lowest BCUT2D eigenvalue weighted by Gasteiger charge is -2.30. The van der Waals surface area contributed by atoms with Gasteiger partial charge in [0.1, 0.15) is 5.75 Å². The van der Waals surface area contributed by atoms with Crippen LogP contribution in [0.25, 0.3) is 0 Å². The molecular weight excluding hydrogens is 384 g/mol. The maximum absolute atomic E-state index is 12.2. The van der Waals surface area contributed by atoms with Crippen molar-refractivity contribution in [1.82, 2.24) is 5.32 Å². The molecule has 2 heterocycles. The minimum atomic E-state index is -0.118. The van der Waals surface area contributed by atoms with E-state index >= 15 is 0 Å². The molecule has 1 amide bonds. The molecule has 134 valence electrons. The Morgan fingerprint density at radius 1 is 1.24 bits per heavy atom. The number of quaternary nitrogens is 1. The van der Waals surface area contributed by atoms with E-state index in [0.717, 1.165) is 23.3 Å². The number of ether oxygens (including phenoxy) is 1. The van der Waals surface area contributed by atoms with Gasteiger partial charge in [-0.05, 0) is 49.6 Å². The molecule has 1 aliphatic heterocycles. The first-order chi connectivity index (χ1) is 12.2. The summed E-state index contributed by atoms with van der Waals surface area (Å²) in [6.07, 6.45) is 5.45. The average molecular weight is 408 g/mol. The molecule has 1 aromatic heterocycles. The molecular formula is C19H24BrN2O3+. The first kappa shape index (κ1) is 18.0. The van der Waals surface area contributed by atoms with Crippen LogP contribution in [0.4, 0.5) is 0 Å². The van der Waals surface area contributed by atoms with E-state index in [1.807, 2.05) is 36.4 Å². The molecule has 0 unspecified atom stereocenters. The number of benzene rings is 1. The smallest absolute Gasteiger partial charge is 0.258 e. The van der Waals surface area contributed by atoms with Crippen LogP contribution in [-0.4, -0.2) is 32.1 Å². The Labute approximate surface area is 156 Å². The summed E-state index contributed by atoms with van der Waals surface area (Å²) in [4.78, 5) is 13.7. The van der Waals surface area contributed by atoms with Crippen molar-refractivity contribution in [2.75, 3.05) is 26.2 Å². The summed E-state index contributed by atoms with van der Waals surface area (Å²) in [6, 6.07) is 11.5. The summed E-state index contributed by atoms with van der Waals surface area (Å²) in [5.41, 5.74) is 0. The molecule has 2 aromatic rings. The zero-order valence-electron chi connectivity index (χ0n) is 14.2. The number of piperidine rings is 1. The fourth-order valence-corrected chi connectivity index (χ4v) is 3.64. The second-order valence-corrected chi connectivity index (χ2v) is 7.25. The van der Waals surface area contributed by atoms with Crippen molar-refractivity contribution in [3.63, 3.8) is 0 Å². The lowest BCUT2D eigenvalue weighted by Crippen LogP contribution is -3.13. The minimum Gasteiger partial charge on any atom is -0.484 e. The highest BCUT2D eigenvalue weighted by Crippen LogP contribution is 2.17. The van der Waals surface area contributed by atoms with Crippen LogP contribution in [0, 0.1) is 0 Å². The van der Waals surface area contributed by atoms with Crippen LogP contribution in [-0.2, 0) is 4.79 Å². The molecule has 1 fully saturated rings. The molecule has 5 nitrogen and oxygen atoms in total. The number of rotatable bonds is 7. The Morgan fingerprint density at radius 2 is 2.08 bits per heavy atom. The van der Waals surface area contributed by atoms with E-state index in [1.165, 1.54) is 24.2 Å². The zero-order valence-corrected chi connectivity index (χ0v) is 15.8. The number of carbonyl (C=O) groups is 1. The minimum absolute atomic E-state index is 0.0106. The molecule has 3 rings (SSSR count). The van der Waals surface area contributed by atoms with Crippen LogP contribution in [0.15, 0.2) is 51.6 Å². The number of hydrogen-bond donors (Lipinski definition) is 2. The normalized spacial score (nSPS) is 16.4. The fourth-order valence-electron chi connectivity index (χ4n) is 3.26. The van der Waals surface area contributed by atoms with E-state index in [2.05, 4.69) is 21.2 Å². The molecule has 1 aliphatic rings. The Kier molecular flexibility index (Phi) is 6.53. The van der Waals surface area contributed by atoms with Crippen molar-refractivity contribution < 1.29 is 18.8 Å². The third-order valence-corrected chi connectivity index (χ3v) is 5.04. The average Bonchev–Trinajstić information content (AvgIpc) is 3.15. The van der Waals surface area contributed by atoms with Crippen LogP contribution in [0.1, 0.15) is 31.1 Å². The van der Waals surface area contributed by atoms with Crippen LogP contribution < -0.4 is 15.0 Å². The largest absolute Gasteiger partial charge is 0.484 e. The van der Waals surface area contributed by atoms with Crippen LogP contribution in [0.2, 0.25) is 0 Å². The van der Waals surface area contributed by atoms with E-state index in [0.29, 0.717) is 12.3 Å². The van der Waals surface area contributed by atoms with Gasteiger partial charge in [0, 0.05) is 4.47 Å². The lowest BCUT2D eigenvalue weighted by molar-refractivity contribution is -0.936. The predicted octanol–water partition coefficient (Wildman–Crippen LogP) is 2.35. The molecule has 6 heteroatoms. The van der Waals surface area contributed by atoms with E-state index in [4.69, 9.17) is 9.15 Å². The topological polar surface area (TPSA) is 55.9 Å². The predicted molar refractivity (Wildman–Crippen MR) is 98.6 cm³/mol. The Balaban J connectivity index is 1.52. The zero-order chi connectivity index (χ0) is 17.5. The molecule has 0 spiro atoms. The van der Waals surface area contributed by atoms with E-state index in [9.17, 15) is 4.79 Å². The molecule has 0 aliphatic carbocycles. The third-order valence-electron chi connectivity index (χ3n) is 4.54. The highest BCUT2D eigenvalue weighted by atomic mass is 79.9. The van der Waals surface area contributed by atoms with Crippen LogP contribution >= 0.6 is 15.9 Å². The van der Waals surface area contributed by atoms with E-state index in [-0.39, 0.29) is 18.6 Å². The van der Waals surface area contributed by atoms with Crippen molar-refractivity contribution >= 4 is 21.8 Å². The third kappa shape index (κ3) is 5.34. The van der Waals surface area contributed by atoms with Gasteiger partial charge in [0.25, 0.3) is 5.91 Å². The van der Waals surface area contributed by atoms with Crippen molar-refractivity contribution in [3.8, 4) is 5.75 Å². The van der Waals surface area contributed by atoms with Gasteiger partial charge in [-0.25, -0.2) is 0 Å². The molecule has 1 saturated heterocycles. The highest BCUT2D eigenvalue weighted by Gasteiger charge is 2.28. The maximum atomic E-state index is 12.2. The summed E-state index contributed by atoms with van der Waals surface area (Å²) >= 11 is 3.39. The quantitative estimate of drug-likeness (QED) is 0.740. The van der Waals surface area contributed by atoms with Gasteiger partial charge in [-0.3, -0.25) is 4.79 Å². The van der Waals surface area contributed by atoms with Crippen LogP contribution in [0.3, 0.4) is 0 Å². The second-order valence-electron chi connectivity index (χ2n) is 6.34. The van der Waals surface area contributed by atoms with Gasteiger partial charge in [0.15, 0.2) is 18.4 Å². The summed E-state index contributed by atoms with van der Waals surface area (Å²) < 4.78 is 12.1. The lowest BCUT2D eigenvalue weighted by atomic mass is 10.1. The van der Waals surface area contributed by atoms with Crippen molar-refractivity contribution in [2.45, 2.75) is 25.3 Å². The van der Waals surface area contributed by atoms with Gasteiger partial charge in [-0.2, -0.15) is 0 Å². The monoisotopic (exact) mass is 407 g/mol. The van der Waals surface area contributed by atoms with Gasteiger partial charge in [0.05, 0.1) is 25.9 Å². The van der Waals surface area contributed by atoms with E-state index in [1.54, 1.807) is 6.26 Å². The Bertz CT molecular complexity index is 669. The first-order valence-electron chi connectivity index (χ1n) is 8.75. The fraction of sp³-hybridized carbons (Fsp3) is 0.421. The second kappa shape index (κ2) is 9.06. The van der Waals surface area contributed by atoms with Crippen molar-refractivity contribution in [3.05, 3.63) is 52.9 Å². The van der Waals surface area contributed by atoms with Gasteiger partial charge < -0.3 is 19.4 Å². The number of carbonyl (C=O) groups excluding carboxylic acids is 1. The number of halogens is 1. The molecule has 25 heavy (non-hydrogen) atoms. The number of amides is 1. The van der Waals surface area contributed by atoms with Crippen LogP contribution in [0.5, 0.6) is 5.75 Å². The molecule has 2 N–H and O–H groups in total. The molecule has 0 radical (unpaired) electrons. The van der Waals surface area contributed by atoms with Gasteiger partial charge >= 0.3 is 0 Å². The summed E-state index contributed by atoms with van der Waals surface area (Å²) in [6.45, 7) is 2.81. The number of furan rings is 1. The summed E-state index contributed by atoms with van der Waals surface area (Å²) in [5.74, 6) is 1.49. The summed E-state index contributed by atoms with van der Waals surface area (Å²) in [5, 5.41) is 3.00. The number of hydrogen-bond acceptors (Lipinski definition) is 3. The maximum Gasteiger partial charge on any atom is 0.258 e. The highest BCUT2D eigenvalue weighted by molar-refractivity contribution is 9.10. The molecule has 1 atom stereocenters. The van der Waals surface area contributed by atoms with Gasteiger partial charge in [0.2, 0.25) is 0 Å². The SMILES string of the molecule is O=C(COc1cccc(Br)c1)NC[C@@H](c1ccco1)[NH+]1CCCCC1. The van der Waals surface area contributed by atoms with Gasteiger partial charge in [-0.15, -0.1) is 0 Å². The Morgan fingerprint density at radius 3 is 2.80 bits per heavy atom. The first-order valence-corrected chi connectivity index (χ1v) is 9.55. The van der Waals surface area contributed by atoms with Crippen molar-refractivity contribution in [2.24, 2.45) is 0 Å². The summed E-state index contributed by atoms with van der Waals surface area (Å²) in [7, 11) is 0. The number of nitrogens with one attached hydrogen (secondary N) is 2. The van der Waals surface area contributed by atoms with E-state index < -0.39 is 0 Å². The van der Waals surface area contributed by atoms with Crippen molar-refractivity contribution in [1.29, 1.82) is 0 Å². The molecule has 0 saturated carbocycles.